The summed E-state index contributed by atoms with van der Waals surface area (Å²) in [6.07, 6.45) is 1.54. The van der Waals surface area contributed by atoms with E-state index in [1.165, 1.54) is 6.20 Å². The lowest BCUT2D eigenvalue weighted by Gasteiger charge is -2.08. The number of para-hydroxylation sites is 1. The maximum absolute atomic E-state index is 12.5. The van der Waals surface area contributed by atoms with Gasteiger partial charge in [-0.15, -0.1) is 0 Å². The number of nitrogens with one attached hydrogen (secondary N) is 1. The molecule has 0 bridgehead atoms. The fourth-order valence-corrected chi connectivity index (χ4v) is 2.60. The molecule has 2 aromatic carbocycles. The van der Waals surface area contributed by atoms with Crippen LogP contribution in [0, 0.1) is 6.92 Å². The van der Waals surface area contributed by atoms with E-state index in [4.69, 9.17) is 23.2 Å². The van der Waals surface area contributed by atoms with Gasteiger partial charge in [0, 0.05) is 0 Å². The third-order valence-electron chi connectivity index (χ3n) is 3.45. The Morgan fingerprint density at radius 3 is 2.57 bits per heavy atom. The number of nitrogens with zero attached hydrogens (tertiary/aromatic N) is 2. The Morgan fingerprint density at radius 2 is 1.83 bits per heavy atom. The zero-order valence-corrected chi connectivity index (χ0v) is 13.8. The predicted molar refractivity (Wildman–Crippen MR) is 92.7 cm³/mol. The number of carbonyl (C=O) groups is 1. The van der Waals surface area contributed by atoms with Crippen molar-refractivity contribution in [2.45, 2.75) is 6.92 Å². The van der Waals surface area contributed by atoms with Crippen molar-refractivity contribution in [2.75, 3.05) is 5.32 Å². The Kier molecular flexibility index (Phi) is 4.37. The minimum Gasteiger partial charge on any atom is -0.320 e. The second kappa shape index (κ2) is 6.44. The van der Waals surface area contributed by atoms with Gasteiger partial charge in [-0.05, 0) is 31.2 Å². The van der Waals surface area contributed by atoms with Crippen LogP contribution < -0.4 is 5.32 Å². The maximum Gasteiger partial charge on any atom is 0.259 e. The second-order valence-corrected chi connectivity index (χ2v) is 5.73. The second-order valence-electron chi connectivity index (χ2n) is 4.95. The lowest BCUT2D eigenvalue weighted by atomic mass is 10.2. The Labute approximate surface area is 143 Å². The number of benzene rings is 2. The minimum atomic E-state index is -0.283. The molecule has 116 valence electrons. The highest BCUT2D eigenvalue weighted by atomic mass is 35.5. The fourth-order valence-electron chi connectivity index (χ4n) is 2.25. The summed E-state index contributed by atoms with van der Waals surface area (Å²) in [5.41, 5.74) is 2.58. The monoisotopic (exact) mass is 345 g/mol. The molecule has 0 unspecified atom stereocenters. The molecular weight excluding hydrogens is 333 g/mol. The normalized spacial score (nSPS) is 10.6. The highest BCUT2D eigenvalue weighted by molar-refractivity contribution is 6.44. The van der Waals surface area contributed by atoms with E-state index < -0.39 is 0 Å². The van der Waals surface area contributed by atoms with Crippen LogP contribution in [0.15, 0.2) is 54.7 Å². The van der Waals surface area contributed by atoms with E-state index in [9.17, 15) is 4.79 Å². The van der Waals surface area contributed by atoms with E-state index in [2.05, 4.69) is 10.4 Å². The summed E-state index contributed by atoms with van der Waals surface area (Å²) < 4.78 is 1.72. The van der Waals surface area contributed by atoms with Gasteiger partial charge < -0.3 is 5.32 Å². The van der Waals surface area contributed by atoms with Crippen LogP contribution >= 0.6 is 23.2 Å². The Hall–Kier alpha value is -2.30. The van der Waals surface area contributed by atoms with Crippen molar-refractivity contribution in [1.82, 2.24) is 9.78 Å². The quantitative estimate of drug-likeness (QED) is 0.745. The van der Waals surface area contributed by atoms with E-state index in [1.54, 1.807) is 22.9 Å². The van der Waals surface area contributed by atoms with Crippen molar-refractivity contribution < 1.29 is 4.79 Å². The van der Waals surface area contributed by atoms with Crippen LogP contribution in [0.4, 0.5) is 5.69 Å². The van der Waals surface area contributed by atoms with Crippen LogP contribution in [0.25, 0.3) is 5.69 Å². The molecule has 0 atom stereocenters. The average molecular weight is 346 g/mol. The molecule has 0 saturated carbocycles. The van der Waals surface area contributed by atoms with Gasteiger partial charge >= 0.3 is 0 Å². The first-order valence-corrected chi connectivity index (χ1v) is 7.69. The number of hydrogen-bond donors (Lipinski definition) is 1. The van der Waals surface area contributed by atoms with Crippen molar-refractivity contribution in [3.8, 4) is 5.69 Å². The van der Waals surface area contributed by atoms with Gasteiger partial charge in [0.2, 0.25) is 0 Å². The first kappa shape index (κ1) is 15.6. The third-order valence-corrected chi connectivity index (χ3v) is 4.27. The summed E-state index contributed by atoms with van der Waals surface area (Å²) in [5.74, 6) is -0.283. The lowest BCUT2D eigenvalue weighted by molar-refractivity contribution is 0.102. The molecular formula is C17H13Cl2N3O. The fraction of sp³-hybridized carbons (Fsp3) is 0.0588. The average Bonchev–Trinajstić information content (AvgIpc) is 2.94. The van der Waals surface area contributed by atoms with E-state index in [0.717, 1.165) is 11.4 Å². The molecule has 1 heterocycles. The SMILES string of the molecule is Cc1c(C(=O)Nc2cccc(Cl)c2Cl)cnn1-c1ccccc1. The van der Waals surface area contributed by atoms with Crippen molar-refractivity contribution in [3.05, 3.63) is 76.0 Å². The molecule has 0 saturated heterocycles. The summed E-state index contributed by atoms with van der Waals surface area (Å²) in [4.78, 5) is 12.5. The van der Waals surface area contributed by atoms with Crippen LogP contribution in [0.5, 0.6) is 0 Å². The van der Waals surface area contributed by atoms with E-state index in [-0.39, 0.29) is 5.91 Å². The molecule has 0 spiro atoms. The zero-order chi connectivity index (χ0) is 16.4. The molecule has 0 aliphatic rings. The molecule has 1 amide bonds. The smallest absolute Gasteiger partial charge is 0.259 e. The van der Waals surface area contributed by atoms with Crippen molar-refractivity contribution in [2.24, 2.45) is 0 Å². The molecule has 4 nitrogen and oxygen atoms in total. The largest absolute Gasteiger partial charge is 0.320 e. The molecule has 3 rings (SSSR count). The molecule has 0 radical (unpaired) electrons. The zero-order valence-electron chi connectivity index (χ0n) is 12.3. The first-order chi connectivity index (χ1) is 11.1. The number of carbonyl (C=O) groups excluding carboxylic acids is 1. The maximum atomic E-state index is 12.5. The summed E-state index contributed by atoms with van der Waals surface area (Å²) in [7, 11) is 0. The summed E-state index contributed by atoms with van der Waals surface area (Å²) >= 11 is 12.1. The standard InChI is InChI=1S/C17H13Cl2N3O/c1-11-13(10-20-22(11)12-6-3-2-4-7-12)17(23)21-15-9-5-8-14(18)16(15)19/h2-10H,1H3,(H,21,23). The number of aromatic nitrogens is 2. The first-order valence-electron chi connectivity index (χ1n) is 6.93. The van der Waals surface area contributed by atoms with Crippen LogP contribution in [-0.2, 0) is 0 Å². The molecule has 1 aromatic heterocycles. The molecule has 23 heavy (non-hydrogen) atoms. The van der Waals surface area contributed by atoms with Gasteiger partial charge in [0.1, 0.15) is 0 Å². The summed E-state index contributed by atoms with van der Waals surface area (Å²) in [6.45, 7) is 1.84. The number of amides is 1. The van der Waals surface area contributed by atoms with Crippen LogP contribution in [0.3, 0.4) is 0 Å². The lowest BCUT2D eigenvalue weighted by Crippen LogP contribution is -2.13. The highest BCUT2D eigenvalue weighted by Crippen LogP contribution is 2.30. The number of anilines is 1. The molecule has 0 aliphatic heterocycles. The van der Waals surface area contributed by atoms with Gasteiger partial charge in [0.05, 0.1) is 38.9 Å². The van der Waals surface area contributed by atoms with Gasteiger partial charge in [-0.25, -0.2) is 4.68 Å². The van der Waals surface area contributed by atoms with Gasteiger partial charge in [-0.2, -0.15) is 5.10 Å². The molecule has 0 fully saturated rings. The molecule has 0 aliphatic carbocycles. The Morgan fingerprint density at radius 1 is 1.09 bits per heavy atom. The molecule has 1 N–H and O–H groups in total. The number of rotatable bonds is 3. The van der Waals surface area contributed by atoms with E-state index in [1.807, 2.05) is 37.3 Å². The van der Waals surface area contributed by atoms with Crippen molar-refractivity contribution >= 4 is 34.8 Å². The highest BCUT2D eigenvalue weighted by Gasteiger charge is 2.16. The number of hydrogen-bond acceptors (Lipinski definition) is 2. The van der Waals surface area contributed by atoms with Crippen LogP contribution in [0.1, 0.15) is 16.1 Å². The van der Waals surface area contributed by atoms with Crippen LogP contribution in [0.2, 0.25) is 10.0 Å². The van der Waals surface area contributed by atoms with Crippen molar-refractivity contribution in [3.63, 3.8) is 0 Å². The topological polar surface area (TPSA) is 46.9 Å². The van der Waals surface area contributed by atoms with Crippen LogP contribution in [-0.4, -0.2) is 15.7 Å². The third kappa shape index (κ3) is 3.09. The molecule has 6 heteroatoms. The Balaban J connectivity index is 1.89. The van der Waals surface area contributed by atoms with Gasteiger partial charge in [-0.3, -0.25) is 4.79 Å². The van der Waals surface area contributed by atoms with Crippen molar-refractivity contribution in [1.29, 1.82) is 0 Å². The number of halogens is 2. The molecule has 3 aromatic rings. The summed E-state index contributed by atoms with van der Waals surface area (Å²) in [5, 5.41) is 7.76. The van der Waals surface area contributed by atoms with Gasteiger partial charge in [0.15, 0.2) is 0 Å². The van der Waals surface area contributed by atoms with Gasteiger partial charge in [0.25, 0.3) is 5.91 Å². The van der Waals surface area contributed by atoms with Gasteiger partial charge in [-0.1, -0.05) is 47.5 Å². The van der Waals surface area contributed by atoms with E-state index >= 15 is 0 Å². The minimum absolute atomic E-state index is 0.283. The Bertz CT molecular complexity index is 860. The predicted octanol–water partition coefficient (Wildman–Crippen LogP) is 4.74. The van der Waals surface area contributed by atoms with E-state index in [0.29, 0.717) is 21.3 Å². The summed E-state index contributed by atoms with van der Waals surface area (Å²) in [6, 6.07) is 14.7.